The molecule has 3 rings (SSSR count). The van der Waals surface area contributed by atoms with Crippen LogP contribution in [0.15, 0.2) is 78.2 Å². The summed E-state index contributed by atoms with van der Waals surface area (Å²) >= 11 is 0. The van der Waals surface area contributed by atoms with Crippen molar-refractivity contribution in [3.8, 4) is 0 Å². The number of likely N-dealkylation sites (N-methyl/N-ethyl adjacent to an activating group) is 1. The highest BCUT2D eigenvalue weighted by Crippen LogP contribution is 2.37. The molecule has 0 saturated heterocycles. The molecule has 2 atom stereocenters. The van der Waals surface area contributed by atoms with Crippen molar-refractivity contribution in [1.82, 2.24) is 4.98 Å². The molecule has 2 aromatic carbocycles. The minimum absolute atomic E-state index is 0.0698. The Morgan fingerprint density at radius 2 is 1.70 bits per heavy atom. The van der Waals surface area contributed by atoms with Crippen molar-refractivity contribution in [3.63, 3.8) is 0 Å². The zero-order valence-corrected chi connectivity index (χ0v) is 17.9. The van der Waals surface area contributed by atoms with Gasteiger partial charge in [-0.25, -0.2) is 0 Å². The van der Waals surface area contributed by atoms with Gasteiger partial charge >= 0.3 is 0 Å². The number of aryl methyl sites for hydroxylation is 1. The molecule has 0 aliphatic carbocycles. The summed E-state index contributed by atoms with van der Waals surface area (Å²) in [6, 6.07) is 20.2. The van der Waals surface area contributed by atoms with Crippen molar-refractivity contribution >= 4 is 5.69 Å². The maximum atomic E-state index is 11.7. The fourth-order valence-electron chi connectivity index (χ4n) is 3.79. The molecule has 30 heavy (non-hydrogen) atoms. The molecular formula is C25H29N3O2. The third-order valence-corrected chi connectivity index (χ3v) is 5.61. The molecule has 0 bridgehead atoms. The van der Waals surface area contributed by atoms with Gasteiger partial charge in [-0.05, 0) is 59.9 Å². The van der Waals surface area contributed by atoms with Gasteiger partial charge < -0.3 is 9.64 Å². The number of hydrogen-bond acceptors (Lipinski definition) is 5. The topological polar surface area (TPSA) is 54.8 Å². The molecule has 0 spiro atoms. The summed E-state index contributed by atoms with van der Waals surface area (Å²) in [6.07, 6.45) is 4.03. The summed E-state index contributed by atoms with van der Waals surface area (Å²) in [5, 5.41) is 3.46. The van der Waals surface area contributed by atoms with Crippen molar-refractivity contribution in [2.45, 2.75) is 25.3 Å². The minimum Gasteiger partial charge on any atom is -0.383 e. The number of nitroso groups, excluding NO2 is 1. The van der Waals surface area contributed by atoms with Crippen molar-refractivity contribution in [2.75, 3.05) is 32.2 Å². The Labute approximate surface area is 178 Å². The van der Waals surface area contributed by atoms with Gasteiger partial charge in [0.15, 0.2) is 0 Å². The summed E-state index contributed by atoms with van der Waals surface area (Å²) < 4.78 is 5.18. The minimum atomic E-state index is -0.429. The number of pyridine rings is 1. The molecule has 0 fully saturated rings. The van der Waals surface area contributed by atoms with Crippen molar-refractivity contribution in [3.05, 3.63) is 100 Å². The lowest BCUT2D eigenvalue weighted by molar-refractivity contribution is 0.206. The molecule has 1 heterocycles. The first kappa shape index (κ1) is 21.7. The van der Waals surface area contributed by atoms with Gasteiger partial charge in [-0.15, -0.1) is 0 Å². The summed E-state index contributed by atoms with van der Waals surface area (Å²) in [7, 11) is 3.77. The highest BCUT2D eigenvalue weighted by atomic mass is 16.5. The van der Waals surface area contributed by atoms with E-state index in [9.17, 15) is 4.91 Å². The SMILES string of the molecule is COCCN(C)c1ccc(C(CC(N=O)c2ccncc2)c2ccccc2C)cc1. The molecule has 0 aliphatic heterocycles. The van der Waals surface area contributed by atoms with Crippen LogP contribution in [0.3, 0.4) is 0 Å². The maximum Gasteiger partial charge on any atom is 0.118 e. The van der Waals surface area contributed by atoms with Crippen LogP contribution in [0.4, 0.5) is 5.69 Å². The molecule has 0 radical (unpaired) electrons. The highest BCUT2D eigenvalue weighted by molar-refractivity contribution is 5.49. The van der Waals surface area contributed by atoms with E-state index < -0.39 is 6.04 Å². The van der Waals surface area contributed by atoms with Crippen molar-refractivity contribution in [1.29, 1.82) is 0 Å². The van der Waals surface area contributed by atoms with Gasteiger partial charge in [-0.1, -0.05) is 41.6 Å². The number of anilines is 1. The van der Waals surface area contributed by atoms with Crippen LogP contribution < -0.4 is 4.90 Å². The Balaban J connectivity index is 1.92. The average Bonchev–Trinajstić information content (AvgIpc) is 2.80. The third kappa shape index (κ3) is 5.30. The molecule has 5 nitrogen and oxygen atoms in total. The first-order valence-corrected chi connectivity index (χ1v) is 10.2. The second-order valence-corrected chi connectivity index (χ2v) is 7.55. The Morgan fingerprint density at radius 1 is 1.00 bits per heavy atom. The van der Waals surface area contributed by atoms with Crippen molar-refractivity contribution in [2.24, 2.45) is 5.18 Å². The Bertz CT molecular complexity index is 929. The number of aromatic nitrogens is 1. The second-order valence-electron chi connectivity index (χ2n) is 7.55. The molecule has 0 aliphatic rings. The number of benzene rings is 2. The predicted octanol–water partition coefficient (Wildman–Crippen LogP) is 5.50. The molecule has 3 aromatic rings. The van der Waals surface area contributed by atoms with Gasteiger partial charge in [0.05, 0.1) is 6.61 Å². The average molecular weight is 404 g/mol. The van der Waals surface area contributed by atoms with Gasteiger partial charge in [-0.3, -0.25) is 4.98 Å². The van der Waals surface area contributed by atoms with Crippen LogP contribution in [-0.4, -0.2) is 32.3 Å². The number of ether oxygens (including phenoxy) is 1. The van der Waals surface area contributed by atoms with E-state index in [-0.39, 0.29) is 5.92 Å². The van der Waals surface area contributed by atoms with Crippen LogP contribution in [0.25, 0.3) is 0 Å². The van der Waals surface area contributed by atoms with E-state index in [1.165, 1.54) is 16.7 Å². The van der Waals surface area contributed by atoms with Crippen LogP contribution in [0.2, 0.25) is 0 Å². The molecule has 0 N–H and O–H groups in total. The fraction of sp³-hybridized carbons (Fsp3) is 0.320. The maximum absolute atomic E-state index is 11.7. The highest BCUT2D eigenvalue weighted by Gasteiger charge is 2.23. The molecule has 5 heteroatoms. The largest absolute Gasteiger partial charge is 0.383 e. The molecule has 0 saturated carbocycles. The number of nitrogens with zero attached hydrogens (tertiary/aromatic N) is 3. The van der Waals surface area contributed by atoms with Crippen LogP contribution in [0, 0.1) is 11.8 Å². The van der Waals surface area contributed by atoms with E-state index in [4.69, 9.17) is 4.74 Å². The van der Waals surface area contributed by atoms with E-state index in [2.05, 4.69) is 71.5 Å². The van der Waals surface area contributed by atoms with Gasteiger partial charge in [0.25, 0.3) is 0 Å². The summed E-state index contributed by atoms with van der Waals surface area (Å²) in [5.74, 6) is 0.0698. The van der Waals surface area contributed by atoms with Crippen molar-refractivity contribution < 1.29 is 4.74 Å². The number of rotatable bonds is 10. The predicted molar refractivity (Wildman–Crippen MR) is 122 cm³/mol. The normalized spacial score (nSPS) is 12.9. The Hall–Kier alpha value is -3.05. The molecule has 156 valence electrons. The van der Waals surface area contributed by atoms with Crippen LogP contribution >= 0.6 is 0 Å². The zero-order valence-electron chi connectivity index (χ0n) is 17.9. The molecule has 0 amide bonds. The summed E-state index contributed by atoms with van der Waals surface area (Å²) in [4.78, 5) is 18.0. The first-order chi connectivity index (χ1) is 14.6. The molecule has 1 aromatic heterocycles. The van der Waals surface area contributed by atoms with E-state index in [0.717, 1.165) is 17.8 Å². The Kier molecular flexibility index (Phi) is 7.69. The first-order valence-electron chi connectivity index (χ1n) is 10.2. The van der Waals surface area contributed by atoms with Crippen LogP contribution in [-0.2, 0) is 4.74 Å². The van der Waals surface area contributed by atoms with E-state index >= 15 is 0 Å². The lowest BCUT2D eigenvalue weighted by Gasteiger charge is -2.24. The van der Waals surface area contributed by atoms with Gasteiger partial charge in [0, 0.05) is 44.7 Å². The van der Waals surface area contributed by atoms with E-state index in [0.29, 0.717) is 13.0 Å². The number of methoxy groups -OCH3 is 1. The standard InChI is InChI=1S/C25H29N3O2/c1-19-6-4-5-7-23(19)24(18-25(27-29)21-12-14-26-15-13-21)20-8-10-22(11-9-20)28(2)16-17-30-3/h4-15,24-25H,16-18H2,1-3H3. The Morgan fingerprint density at radius 3 is 2.33 bits per heavy atom. The van der Waals surface area contributed by atoms with E-state index in [1.807, 2.05) is 18.2 Å². The molecular weight excluding hydrogens is 374 g/mol. The second kappa shape index (κ2) is 10.6. The number of hydrogen-bond donors (Lipinski definition) is 0. The quantitative estimate of drug-likeness (QED) is 0.419. The van der Waals surface area contributed by atoms with Crippen LogP contribution in [0.1, 0.15) is 40.6 Å². The third-order valence-electron chi connectivity index (χ3n) is 5.61. The molecule has 2 unspecified atom stereocenters. The summed E-state index contributed by atoms with van der Waals surface area (Å²) in [6.45, 7) is 3.63. The lowest BCUT2D eigenvalue weighted by Crippen LogP contribution is -2.21. The van der Waals surface area contributed by atoms with Crippen LogP contribution in [0.5, 0.6) is 0 Å². The summed E-state index contributed by atoms with van der Waals surface area (Å²) in [5.41, 5.74) is 5.65. The smallest absolute Gasteiger partial charge is 0.118 e. The van der Waals surface area contributed by atoms with Gasteiger partial charge in [-0.2, -0.15) is 4.91 Å². The lowest BCUT2D eigenvalue weighted by atomic mass is 9.82. The van der Waals surface area contributed by atoms with E-state index in [1.54, 1.807) is 19.5 Å². The zero-order chi connectivity index (χ0) is 21.3. The van der Waals surface area contributed by atoms with Gasteiger partial charge in [0.1, 0.15) is 6.04 Å². The van der Waals surface area contributed by atoms with Gasteiger partial charge in [0.2, 0.25) is 0 Å². The monoisotopic (exact) mass is 403 g/mol. The fourth-order valence-corrected chi connectivity index (χ4v) is 3.79.